The molecule has 2 aromatic carbocycles. The summed E-state index contributed by atoms with van der Waals surface area (Å²) in [4.78, 5) is 161. The van der Waals surface area contributed by atoms with E-state index in [0.29, 0.717) is 34.1 Å². The number of nitrogens with two attached hydrogens (primary N) is 2. The van der Waals surface area contributed by atoms with Crippen LogP contribution in [0.25, 0.3) is 10.9 Å². The van der Waals surface area contributed by atoms with Crippen molar-refractivity contribution in [3.05, 3.63) is 84.1 Å². The summed E-state index contributed by atoms with van der Waals surface area (Å²) in [5, 5.41) is 54.9. The molecule has 2 saturated heterocycles. The molecule has 6 rings (SSSR count). The van der Waals surface area contributed by atoms with Crippen LogP contribution in [-0.4, -0.2) is 182 Å². The van der Waals surface area contributed by atoms with Gasteiger partial charge in [0.25, 0.3) is 0 Å². The van der Waals surface area contributed by atoms with E-state index >= 15 is 0 Å². The van der Waals surface area contributed by atoms with Crippen LogP contribution >= 0.6 is 0 Å². The Morgan fingerprint density at radius 2 is 1.35 bits per heavy atom. The fourth-order valence-electron chi connectivity index (χ4n) is 9.96. The average Bonchev–Trinajstić information content (AvgIpc) is 4.49. The van der Waals surface area contributed by atoms with Gasteiger partial charge in [-0.05, 0) is 80.7 Å². The SMILES string of the molecule is CC(C)C[C@H](NC(=O)[C@@H](C)NC(=O)[C@H](Cc1ccc(O)cc1)NC(=O)[C@H](CO)NC(=O)[C@H](Cc1c[nH]c2ccccc12)NC(=O)[C@H](Cc1c[nH]cn1)NC(=O)[C@@H]1CCC(=O)N1)C(=O)N[C@@H](CCCNC(=N)N)C(=O)N1CCC[C@H]1C(=O)NCC(N)=O. The Hall–Kier alpha value is -9.61. The van der Waals surface area contributed by atoms with Gasteiger partial charge in [0.2, 0.25) is 65.0 Å². The summed E-state index contributed by atoms with van der Waals surface area (Å²) in [7, 11) is 0. The van der Waals surface area contributed by atoms with E-state index in [0.717, 1.165) is 0 Å². The summed E-state index contributed by atoms with van der Waals surface area (Å²) in [6, 6.07) is 0.893. The lowest BCUT2D eigenvalue weighted by atomic mass is 10.0. The maximum Gasteiger partial charge on any atom is 0.245 e. The number of phenolic OH excluding ortho intramolecular Hbond substituents is 1. The highest BCUT2D eigenvalue weighted by molar-refractivity contribution is 5.99. The third kappa shape index (κ3) is 19.2. The third-order valence-electron chi connectivity index (χ3n) is 14.4. The first-order valence-corrected chi connectivity index (χ1v) is 28.3. The van der Waals surface area contributed by atoms with Crippen molar-refractivity contribution in [2.24, 2.45) is 17.4 Å². The fourth-order valence-corrected chi connectivity index (χ4v) is 9.96. The molecule has 2 aliphatic rings. The van der Waals surface area contributed by atoms with Crippen LogP contribution < -0.4 is 64.6 Å². The number of phenols is 1. The summed E-state index contributed by atoms with van der Waals surface area (Å²) in [6.45, 7) is 3.73. The number of likely N-dealkylation sites (tertiary alicyclic amines) is 1. The smallest absolute Gasteiger partial charge is 0.245 e. The van der Waals surface area contributed by atoms with E-state index in [2.05, 4.69) is 68.1 Å². The van der Waals surface area contributed by atoms with Crippen molar-refractivity contribution in [1.29, 1.82) is 5.41 Å². The number of para-hydroxylation sites is 1. The highest BCUT2D eigenvalue weighted by atomic mass is 16.3. The van der Waals surface area contributed by atoms with Crippen molar-refractivity contribution in [2.75, 3.05) is 26.2 Å². The van der Waals surface area contributed by atoms with Gasteiger partial charge in [0.15, 0.2) is 5.96 Å². The van der Waals surface area contributed by atoms with Crippen LogP contribution in [0.5, 0.6) is 5.75 Å². The number of benzene rings is 2. The molecule has 0 bridgehead atoms. The highest BCUT2D eigenvalue weighted by Crippen LogP contribution is 2.22. The van der Waals surface area contributed by atoms with E-state index < -0.39 is 127 Å². The fraction of sp³-hybridized carbons (Fsp3) is 0.482. The zero-order valence-electron chi connectivity index (χ0n) is 48.0. The van der Waals surface area contributed by atoms with Gasteiger partial charge in [0.1, 0.15) is 60.1 Å². The van der Waals surface area contributed by atoms with Crippen LogP contribution in [0.2, 0.25) is 0 Å². The van der Waals surface area contributed by atoms with Crippen LogP contribution in [0, 0.1) is 11.3 Å². The number of amides is 11. The molecule has 464 valence electrons. The lowest BCUT2D eigenvalue weighted by Gasteiger charge is -2.30. The minimum atomic E-state index is -1.77. The molecule has 19 N–H and O–H groups in total. The minimum Gasteiger partial charge on any atom is -0.508 e. The topological polar surface area (TPSA) is 472 Å². The zero-order valence-corrected chi connectivity index (χ0v) is 48.0. The lowest BCUT2D eigenvalue weighted by Crippen LogP contribution is -2.61. The maximum atomic E-state index is 14.5. The van der Waals surface area contributed by atoms with Gasteiger partial charge in [-0.3, -0.25) is 58.1 Å². The number of nitrogens with zero attached hydrogens (tertiary/aromatic N) is 2. The molecule has 11 amide bonds. The summed E-state index contributed by atoms with van der Waals surface area (Å²) >= 11 is 0. The Bertz CT molecular complexity index is 3080. The predicted octanol–water partition coefficient (Wildman–Crippen LogP) is -3.79. The normalized spacial score (nSPS) is 17.1. The van der Waals surface area contributed by atoms with Crippen LogP contribution in [0.15, 0.2) is 67.3 Å². The number of aliphatic hydroxyl groups excluding tert-OH is 1. The molecular formula is C56H77N17O13. The number of aliphatic hydroxyl groups is 1. The van der Waals surface area contributed by atoms with Crippen molar-refractivity contribution in [3.63, 3.8) is 0 Å². The molecular weight excluding hydrogens is 1120 g/mol. The van der Waals surface area contributed by atoms with Gasteiger partial charge in [-0.15, -0.1) is 0 Å². The molecule has 4 heterocycles. The maximum absolute atomic E-state index is 14.5. The molecule has 2 aromatic heterocycles. The second kappa shape index (κ2) is 31.3. The van der Waals surface area contributed by atoms with Crippen molar-refractivity contribution < 1.29 is 63.0 Å². The number of hydrogen-bond donors (Lipinski definition) is 17. The predicted molar refractivity (Wildman–Crippen MR) is 309 cm³/mol. The van der Waals surface area contributed by atoms with Crippen molar-refractivity contribution in [1.82, 2.24) is 73.0 Å². The average molecular weight is 1200 g/mol. The molecule has 2 fully saturated rings. The van der Waals surface area contributed by atoms with Gasteiger partial charge in [0, 0.05) is 62.1 Å². The van der Waals surface area contributed by atoms with Gasteiger partial charge in [-0.1, -0.05) is 44.2 Å². The van der Waals surface area contributed by atoms with Gasteiger partial charge < -0.3 is 89.7 Å². The number of imidazole rings is 1. The molecule has 2 aliphatic heterocycles. The molecule has 0 radical (unpaired) electrons. The number of nitrogens with one attached hydrogen (secondary N) is 13. The third-order valence-corrected chi connectivity index (χ3v) is 14.4. The van der Waals surface area contributed by atoms with E-state index in [9.17, 15) is 63.0 Å². The van der Waals surface area contributed by atoms with E-state index in [1.165, 1.54) is 48.6 Å². The Labute approximate surface area is 494 Å². The first kappa shape index (κ1) is 65.5. The quantitative estimate of drug-likeness (QED) is 0.0131. The molecule has 30 heteroatoms. The molecule has 0 unspecified atom stereocenters. The van der Waals surface area contributed by atoms with Crippen LogP contribution in [-0.2, 0) is 72.0 Å². The van der Waals surface area contributed by atoms with E-state index in [1.54, 1.807) is 44.3 Å². The summed E-state index contributed by atoms with van der Waals surface area (Å²) in [5.74, 6) is -9.04. The number of carbonyl (C=O) groups excluding carboxylic acids is 11. The van der Waals surface area contributed by atoms with Crippen molar-refractivity contribution in [2.45, 2.75) is 139 Å². The molecule has 9 atom stereocenters. The van der Waals surface area contributed by atoms with Gasteiger partial charge in [-0.2, -0.15) is 0 Å². The summed E-state index contributed by atoms with van der Waals surface area (Å²) in [6.07, 6.45) is 5.26. The Morgan fingerprint density at radius 3 is 1.99 bits per heavy atom. The second-order valence-electron chi connectivity index (χ2n) is 21.6. The second-order valence-corrected chi connectivity index (χ2v) is 21.6. The number of hydrogen-bond acceptors (Lipinski definition) is 15. The summed E-state index contributed by atoms with van der Waals surface area (Å²) < 4.78 is 0. The van der Waals surface area contributed by atoms with Gasteiger partial charge in [-0.25, -0.2) is 4.98 Å². The number of aromatic amines is 2. The Balaban J connectivity index is 1.18. The standard InChI is InChI=1S/C56H77N17O13/c1-29(2)20-39(50(81)67-38(10-6-18-61-56(58)59)55(86)73-19-7-11-44(73)54(85)63-26-45(57)76)68-47(78)30(3)65-49(80)40(21-31-12-14-34(75)15-13-31)69-53(84)43(27-74)72-51(82)41(22-32-24-62-36-9-5-4-8-35(32)36)70-52(83)42(23-33-25-60-28-64-33)71-48(79)37-16-17-46(77)66-37/h4-5,8-9,12-15,24-25,28-30,37-44,62,74-75H,6-7,10-11,16-23,26-27H2,1-3H3,(H2,57,76)(H,60,64)(H,63,85)(H,65,80)(H,66,77)(H,67,81)(H,68,78)(H,69,84)(H,70,83)(H,71,79)(H,72,82)(H4,58,59,61)/t30-,37+,38+,39+,40+,41+,42+,43+,44+/m1/s1. The lowest BCUT2D eigenvalue weighted by molar-refractivity contribution is -0.142. The van der Waals surface area contributed by atoms with E-state index in [1.807, 2.05) is 0 Å². The van der Waals surface area contributed by atoms with Crippen molar-refractivity contribution >= 4 is 81.8 Å². The number of primary amides is 1. The zero-order chi connectivity index (χ0) is 62.6. The number of rotatable bonds is 31. The van der Waals surface area contributed by atoms with E-state index in [-0.39, 0.29) is 94.4 Å². The minimum absolute atomic E-state index is 0.0154. The van der Waals surface area contributed by atoms with Gasteiger partial charge >= 0.3 is 0 Å². The molecule has 4 aromatic rings. The van der Waals surface area contributed by atoms with E-state index in [4.69, 9.17) is 16.9 Å². The molecule has 0 spiro atoms. The highest BCUT2D eigenvalue weighted by Gasteiger charge is 2.40. The number of H-pyrrole nitrogens is 2. The molecule has 0 aliphatic carbocycles. The monoisotopic (exact) mass is 1200 g/mol. The number of aromatic nitrogens is 3. The largest absolute Gasteiger partial charge is 0.508 e. The van der Waals surface area contributed by atoms with Crippen LogP contribution in [0.1, 0.15) is 82.5 Å². The van der Waals surface area contributed by atoms with Crippen LogP contribution in [0.3, 0.4) is 0 Å². The van der Waals surface area contributed by atoms with Crippen LogP contribution in [0.4, 0.5) is 0 Å². The summed E-state index contributed by atoms with van der Waals surface area (Å²) in [5.41, 5.74) is 12.7. The number of aromatic hydroxyl groups is 1. The first-order valence-electron chi connectivity index (χ1n) is 28.3. The Morgan fingerprint density at radius 1 is 0.721 bits per heavy atom. The first-order chi connectivity index (χ1) is 41.0. The van der Waals surface area contributed by atoms with Gasteiger partial charge in [0.05, 0.1) is 25.2 Å². The Kier molecular flexibility index (Phi) is 23.9. The number of guanidine groups is 1. The number of carbonyl (C=O) groups is 11. The molecule has 86 heavy (non-hydrogen) atoms. The molecule has 30 nitrogen and oxygen atoms in total. The number of fused-ring (bicyclic) bond motifs is 1. The molecule has 0 saturated carbocycles. The van der Waals surface area contributed by atoms with Crippen molar-refractivity contribution in [3.8, 4) is 5.75 Å².